The van der Waals surface area contributed by atoms with E-state index in [2.05, 4.69) is 16.1 Å². The van der Waals surface area contributed by atoms with Crippen LogP contribution in [0.4, 0.5) is 0 Å². The Labute approximate surface area is 71.8 Å². The van der Waals surface area contributed by atoms with Gasteiger partial charge < -0.3 is 10.1 Å². The molecule has 1 aliphatic heterocycles. The standard InChI is InChI=1S/C9H13NO2/c1-12-8(11)7-4-9(5-7)2-3-10-6-9/h4,10H,2-3,5-6H2,1H3. The highest BCUT2D eigenvalue weighted by atomic mass is 16.5. The van der Waals surface area contributed by atoms with Gasteiger partial charge >= 0.3 is 5.97 Å². The molecule has 0 saturated carbocycles. The molecule has 1 unspecified atom stereocenters. The Bertz CT molecular complexity index is 239. The van der Waals surface area contributed by atoms with Gasteiger partial charge in [0.1, 0.15) is 0 Å². The molecule has 1 heterocycles. The summed E-state index contributed by atoms with van der Waals surface area (Å²) in [6.07, 6.45) is 4.12. The summed E-state index contributed by atoms with van der Waals surface area (Å²) < 4.78 is 4.63. The zero-order valence-electron chi connectivity index (χ0n) is 7.22. The van der Waals surface area contributed by atoms with Crippen LogP contribution in [0, 0.1) is 5.41 Å². The highest BCUT2D eigenvalue weighted by Gasteiger charge is 2.41. The van der Waals surface area contributed by atoms with Gasteiger partial charge in [0, 0.05) is 17.5 Å². The van der Waals surface area contributed by atoms with Crippen LogP contribution in [0.15, 0.2) is 11.6 Å². The van der Waals surface area contributed by atoms with Gasteiger partial charge in [0.05, 0.1) is 7.11 Å². The monoisotopic (exact) mass is 167 g/mol. The van der Waals surface area contributed by atoms with Gasteiger partial charge in [-0.1, -0.05) is 6.08 Å². The van der Waals surface area contributed by atoms with E-state index in [-0.39, 0.29) is 5.97 Å². The molecule has 1 fully saturated rings. The molecule has 3 nitrogen and oxygen atoms in total. The highest BCUT2D eigenvalue weighted by Crippen LogP contribution is 2.43. The van der Waals surface area contributed by atoms with E-state index in [0.717, 1.165) is 31.5 Å². The van der Waals surface area contributed by atoms with Gasteiger partial charge in [0.2, 0.25) is 0 Å². The van der Waals surface area contributed by atoms with Crippen molar-refractivity contribution in [3.05, 3.63) is 11.6 Å². The van der Waals surface area contributed by atoms with Crippen molar-refractivity contribution in [1.82, 2.24) is 5.32 Å². The fourth-order valence-corrected chi connectivity index (χ4v) is 2.02. The molecule has 1 saturated heterocycles. The topological polar surface area (TPSA) is 38.3 Å². The predicted octanol–water partition coefficient (Wildman–Crippen LogP) is 0.469. The van der Waals surface area contributed by atoms with Gasteiger partial charge in [-0.25, -0.2) is 4.79 Å². The van der Waals surface area contributed by atoms with Gasteiger partial charge in [-0.15, -0.1) is 0 Å². The Morgan fingerprint density at radius 2 is 2.50 bits per heavy atom. The molecule has 0 aromatic rings. The number of methoxy groups -OCH3 is 1. The predicted molar refractivity (Wildman–Crippen MR) is 44.6 cm³/mol. The summed E-state index contributed by atoms with van der Waals surface area (Å²) in [6.45, 7) is 2.10. The zero-order valence-corrected chi connectivity index (χ0v) is 7.22. The lowest BCUT2D eigenvalue weighted by Crippen LogP contribution is -2.32. The Morgan fingerprint density at radius 1 is 1.75 bits per heavy atom. The first-order valence-electron chi connectivity index (χ1n) is 4.27. The molecule has 2 rings (SSSR count). The SMILES string of the molecule is COC(=O)C1=CC2(CCNC2)C1. The lowest BCUT2D eigenvalue weighted by molar-refractivity contribution is -0.137. The van der Waals surface area contributed by atoms with Crippen LogP contribution < -0.4 is 5.32 Å². The lowest BCUT2D eigenvalue weighted by atomic mass is 9.70. The van der Waals surface area contributed by atoms with Crippen LogP contribution in [-0.2, 0) is 9.53 Å². The van der Waals surface area contributed by atoms with E-state index in [9.17, 15) is 4.79 Å². The van der Waals surface area contributed by atoms with Gasteiger partial charge in [0.15, 0.2) is 0 Å². The number of hydrogen-bond acceptors (Lipinski definition) is 3. The van der Waals surface area contributed by atoms with E-state index in [1.807, 2.05) is 0 Å². The normalized spacial score (nSPS) is 32.9. The number of hydrogen-bond donors (Lipinski definition) is 1. The third-order valence-electron chi connectivity index (χ3n) is 2.75. The molecular formula is C9H13NO2. The van der Waals surface area contributed by atoms with E-state index in [1.54, 1.807) is 0 Å². The minimum absolute atomic E-state index is 0.160. The van der Waals surface area contributed by atoms with E-state index >= 15 is 0 Å². The molecule has 0 aromatic heterocycles. The molecule has 0 aromatic carbocycles. The van der Waals surface area contributed by atoms with Crippen LogP contribution in [0.5, 0.6) is 0 Å². The first-order chi connectivity index (χ1) is 5.76. The quantitative estimate of drug-likeness (QED) is 0.577. The number of ether oxygens (including phenoxy) is 1. The van der Waals surface area contributed by atoms with Crippen molar-refractivity contribution in [1.29, 1.82) is 0 Å². The van der Waals surface area contributed by atoms with E-state index in [4.69, 9.17) is 0 Å². The second-order valence-electron chi connectivity index (χ2n) is 3.63. The summed E-state index contributed by atoms with van der Waals surface area (Å²) >= 11 is 0. The van der Waals surface area contributed by atoms with Crippen LogP contribution in [0.1, 0.15) is 12.8 Å². The molecule has 0 amide bonds. The molecule has 3 heteroatoms. The smallest absolute Gasteiger partial charge is 0.333 e. The first-order valence-corrected chi connectivity index (χ1v) is 4.27. The first kappa shape index (κ1) is 7.80. The third kappa shape index (κ3) is 1.05. The van der Waals surface area contributed by atoms with Crippen molar-refractivity contribution >= 4 is 5.97 Å². The molecule has 1 spiro atoms. The number of rotatable bonds is 1. The summed E-state index contributed by atoms with van der Waals surface area (Å²) in [5.74, 6) is -0.160. The van der Waals surface area contributed by atoms with Crippen molar-refractivity contribution in [2.24, 2.45) is 5.41 Å². The van der Waals surface area contributed by atoms with Crippen LogP contribution in [0.25, 0.3) is 0 Å². The number of esters is 1. The molecule has 12 heavy (non-hydrogen) atoms. The molecule has 0 radical (unpaired) electrons. The van der Waals surface area contributed by atoms with Crippen molar-refractivity contribution in [2.45, 2.75) is 12.8 Å². The van der Waals surface area contributed by atoms with Crippen LogP contribution in [0.3, 0.4) is 0 Å². The zero-order chi connectivity index (χ0) is 8.60. The molecule has 0 bridgehead atoms. The Morgan fingerprint density at radius 3 is 3.00 bits per heavy atom. The van der Waals surface area contributed by atoms with Crippen molar-refractivity contribution < 1.29 is 9.53 Å². The third-order valence-corrected chi connectivity index (χ3v) is 2.75. The summed E-state index contributed by atoms with van der Waals surface area (Å²) in [5.41, 5.74) is 1.14. The highest BCUT2D eigenvalue weighted by molar-refractivity contribution is 5.90. The largest absolute Gasteiger partial charge is 0.466 e. The molecule has 1 N–H and O–H groups in total. The fourth-order valence-electron chi connectivity index (χ4n) is 2.02. The summed E-state index contributed by atoms with van der Waals surface area (Å²) in [5, 5.41) is 3.30. The second-order valence-corrected chi connectivity index (χ2v) is 3.63. The van der Waals surface area contributed by atoms with Gasteiger partial charge in [0.25, 0.3) is 0 Å². The maximum absolute atomic E-state index is 11.0. The minimum Gasteiger partial charge on any atom is -0.466 e. The molecule has 2 aliphatic rings. The summed E-state index contributed by atoms with van der Waals surface area (Å²) in [4.78, 5) is 11.0. The van der Waals surface area contributed by atoms with Crippen LogP contribution in [0.2, 0.25) is 0 Å². The molecule has 1 aliphatic carbocycles. The molecule has 1 atom stereocenters. The maximum atomic E-state index is 11.0. The molecular weight excluding hydrogens is 154 g/mol. The number of nitrogens with one attached hydrogen (secondary N) is 1. The van der Waals surface area contributed by atoms with Crippen LogP contribution >= 0.6 is 0 Å². The van der Waals surface area contributed by atoms with E-state index < -0.39 is 0 Å². The van der Waals surface area contributed by atoms with Gasteiger partial charge in [-0.05, 0) is 19.4 Å². The van der Waals surface area contributed by atoms with Crippen molar-refractivity contribution in [2.75, 3.05) is 20.2 Å². The lowest BCUT2D eigenvalue weighted by Gasteiger charge is -2.34. The Balaban J connectivity index is 2.04. The van der Waals surface area contributed by atoms with Crippen LogP contribution in [-0.4, -0.2) is 26.2 Å². The van der Waals surface area contributed by atoms with E-state index in [1.165, 1.54) is 7.11 Å². The molecule has 66 valence electrons. The maximum Gasteiger partial charge on any atom is 0.333 e. The fraction of sp³-hybridized carbons (Fsp3) is 0.667. The second kappa shape index (κ2) is 2.59. The van der Waals surface area contributed by atoms with Gasteiger partial charge in [-0.2, -0.15) is 0 Å². The average molecular weight is 167 g/mol. The summed E-state index contributed by atoms with van der Waals surface area (Å²) in [6, 6.07) is 0. The average Bonchev–Trinajstić information content (AvgIpc) is 2.48. The summed E-state index contributed by atoms with van der Waals surface area (Å²) in [7, 11) is 1.43. The van der Waals surface area contributed by atoms with Crippen molar-refractivity contribution in [3.63, 3.8) is 0 Å². The van der Waals surface area contributed by atoms with Crippen molar-refractivity contribution in [3.8, 4) is 0 Å². The van der Waals surface area contributed by atoms with Gasteiger partial charge in [-0.3, -0.25) is 0 Å². The van der Waals surface area contributed by atoms with E-state index in [0.29, 0.717) is 5.41 Å². The number of carbonyl (C=O) groups is 1. The Kier molecular flexibility index (Phi) is 1.68. The number of carbonyl (C=O) groups excluding carboxylic acids is 1. The Hall–Kier alpha value is -0.830. The minimum atomic E-state index is -0.160.